The Bertz CT molecular complexity index is 435. The van der Waals surface area contributed by atoms with Gasteiger partial charge in [0.1, 0.15) is 0 Å². The average Bonchev–Trinajstić information content (AvgIpc) is 2.27. The van der Waals surface area contributed by atoms with Gasteiger partial charge in [-0.1, -0.05) is 15.9 Å². The Labute approximate surface area is 110 Å². The number of hydrogen-bond acceptors (Lipinski definition) is 2. The van der Waals surface area contributed by atoms with E-state index in [9.17, 15) is 18.0 Å². The zero-order chi connectivity index (χ0) is 13.8. The van der Waals surface area contributed by atoms with Crippen molar-refractivity contribution >= 4 is 27.5 Å². The van der Waals surface area contributed by atoms with Gasteiger partial charge < -0.3 is 10.1 Å². The number of methoxy groups -OCH3 is 1. The largest absolute Gasteiger partial charge is 0.417 e. The van der Waals surface area contributed by atoms with Crippen LogP contribution in [-0.2, 0) is 15.7 Å². The molecule has 1 amide bonds. The summed E-state index contributed by atoms with van der Waals surface area (Å²) in [6, 6.07) is 3.52. The second kappa shape index (κ2) is 6.19. The Morgan fingerprint density at radius 1 is 1.44 bits per heavy atom. The van der Waals surface area contributed by atoms with E-state index in [0.29, 0.717) is 0 Å². The summed E-state index contributed by atoms with van der Waals surface area (Å²) in [7, 11) is 1.44. The van der Waals surface area contributed by atoms with E-state index >= 15 is 0 Å². The summed E-state index contributed by atoms with van der Waals surface area (Å²) < 4.78 is 42.5. The topological polar surface area (TPSA) is 38.3 Å². The molecule has 0 atom stereocenters. The Morgan fingerprint density at radius 2 is 2.11 bits per heavy atom. The Hall–Kier alpha value is -1.08. The lowest BCUT2D eigenvalue weighted by Crippen LogP contribution is -2.14. The van der Waals surface area contributed by atoms with Gasteiger partial charge in [-0.15, -0.1) is 0 Å². The standard InChI is InChI=1S/C11H11BrF3NO2/c1-18-5-4-10(17)16-7-2-3-9(12)8(6-7)11(13,14)15/h2-3,6H,4-5H2,1H3,(H,16,17). The number of hydrogen-bond donors (Lipinski definition) is 1. The molecule has 3 nitrogen and oxygen atoms in total. The van der Waals surface area contributed by atoms with Gasteiger partial charge in [-0.2, -0.15) is 13.2 Å². The third-order valence-corrected chi connectivity index (χ3v) is 2.78. The number of halogens is 4. The molecule has 0 aliphatic heterocycles. The second-order valence-corrected chi connectivity index (χ2v) is 4.34. The molecule has 18 heavy (non-hydrogen) atoms. The van der Waals surface area contributed by atoms with Crippen molar-refractivity contribution in [2.24, 2.45) is 0 Å². The molecule has 0 aromatic heterocycles. The monoisotopic (exact) mass is 325 g/mol. The molecular weight excluding hydrogens is 315 g/mol. The highest BCUT2D eigenvalue weighted by Gasteiger charge is 2.33. The van der Waals surface area contributed by atoms with Crippen molar-refractivity contribution in [1.29, 1.82) is 0 Å². The summed E-state index contributed by atoms with van der Waals surface area (Å²) in [6.07, 6.45) is -4.37. The fraction of sp³-hybridized carbons (Fsp3) is 0.364. The molecule has 0 saturated carbocycles. The summed E-state index contributed by atoms with van der Waals surface area (Å²) >= 11 is 2.82. The molecule has 0 spiro atoms. The quantitative estimate of drug-likeness (QED) is 0.920. The highest BCUT2D eigenvalue weighted by molar-refractivity contribution is 9.10. The number of carbonyl (C=O) groups is 1. The number of anilines is 1. The normalized spacial score (nSPS) is 11.4. The SMILES string of the molecule is COCCC(=O)Nc1ccc(Br)c(C(F)(F)F)c1. The summed E-state index contributed by atoms with van der Waals surface area (Å²) in [5.41, 5.74) is -0.723. The summed E-state index contributed by atoms with van der Waals surface area (Å²) in [5.74, 6) is -0.396. The number of carbonyl (C=O) groups excluding carboxylic acids is 1. The highest BCUT2D eigenvalue weighted by atomic mass is 79.9. The first-order valence-electron chi connectivity index (χ1n) is 5.00. The van der Waals surface area contributed by atoms with Crippen molar-refractivity contribution in [3.8, 4) is 0 Å². The van der Waals surface area contributed by atoms with Crippen LogP contribution >= 0.6 is 15.9 Å². The summed E-state index contributed by atoms with van der Waals surface area (Å²) in [4.78, 5) is 11.3. The predicted octanol–water partition coefficient (Wildman–Crippen LogP) is 3.44. The van der Waals surface area contributed by atoms with Crippen molar-refractivity contribution < 1.29 is 22.7 Å². The minimum absolute atomic E-state index is 0.0649. The maximum Gasteiger partial charge on any atom is 0.417 e. The molecular formula is C11H11BrF3NO2. The first kappa shape index (κ1) is 15.0. The van der Waals surface area contributed by atoms with Crippen molar-refractivity contribution in [3.05, 3.63) is 28.2 Å². The molecule has 1 aromatic rings. The van der Waals surface area contributed by atoms with Gasteiger partial charge in [0.05, 0.1) is 18.6 Å². The fourth-order valence-electron chi connectivity index (χ4n) is 1.24. The van der Waals surface area contributed by atoms with Crippen LogP contribution < -0.4 is 5.32 Å². The molecule has 100 valence electrons. The van der Waals surface area contributed by atoms with Gasteiger partial charge in [-0.3, -0.25) is 4.79 Å². The Balaban J connectivity index is 2.83. The van der Waals surface area contributed by atoms with Crippen LogP contribution in [0.3, 0.4) is 0 Å². The van der Waals surface area contributed by atoms with Gasteiger partial charge in [0.15, 0.2) is 0 Å². The van der Waals surface area contributed by atoms with Gasteiger partial charge in [0.25, 0.3) is 0 Å². The van der Waals surface area contributed by atoms with E-state index in [0.717, 1.165) is 6.07 Å². The van der Waals surface area contributed by atoms with Crippen molar-refractivity contribution in [1.82, 2.24) is 0 Å². The van der Waals surface area contributed by atoms with E-state index < -0.39 is 17.6 Å². The molecule has 0 radical (unpaired) electrons. The molecule has 1 N–H and O–H groups in total. The summed E-state index contributed by atoms with van der Waals surface area (Å²) in [6.45, 7) is 0.217. The predicted molar refractivity (Wildman–Crippen MR) is 64.3 cm³/mol. The van der Waals surface area contributed by atoms with E-state index in [2.05, 4.69) is 21.2 Å². The summed E-state index contributed by atoms with van der Waals surface area (Å²) in [5, 5.41) is 2.38. The second-order valence-electron chi connectivity index (χ2n) is 3.48. The molecule has 1 rings (SSSR count). The molecule has 7 heteroatoms. The number of nitrogens with one attached hydrogen (secondary N) is 1. The van der Waals surface area contributed by atoms with Crippen LogP contribution in [0.1, 0.15) is 12.0 Å². The molecule has 0 heterocycles. The molecule has 1 aromatic carbocycles. The van der Waals surface area contributed by atoms with Crippen molar-refractivity contribution in [2.75, 3.05) is 19.0 Å². The minimum atomic E-state index is -4.47. The van der Waals surface area contributed by atoms with Crippen LogP contribution in [0.25, 0.3) is 0 Å². The van der Waals surface area contributed by atoms with Gasteiger partial charge in [-0.25, -0.2) is 0 Å². The van der Waals surface area contributed by atoms with E-state index in [1.54, 1.807) is 0 Å². The number of benzene rings is 1. The lowest BCUT2D eigenvalue weighted by atomic mass is 10.2. The fourth-order valence-corrected chi connectivity index (χ4v) is 1.71. The van der Waals surface area contributed by atoms with Crippen LogP contribution in [0, 0.1) is 0 Å². The molecule has 0 aliphatic rings. The number of ether oxygens (including phenoxy) is 1. The number of rotatable bonds is 4. The first-order chi connectivity index (χ1) is 8.34. The average molecular weight is 326 g/mol. The smallest absolute Gasteiger partial charge is 0.384 e. The minimum Gasteiger partial charge on any atom is -0.384 e. The van der Waals surface area contributed by atoms with E-state index in [-0.39, 0.29) is 23.2 Å². The van der Waals surface area contributed by atoms with Crippen LogP contribution in [0.2, 0.25) is 0 Å². The lowest BCUT2D eigenvalue weighted by Gasteiger charge is -2.11. The zero-order valence-electron chi connectivity index (χ0n) is 9.47. The zero-order valence-corrected chi connectivity index (χ0v) is 11.1. The highest BCUT2D eigenvalue weighted by Crippen LogP contribution is 2.36. The third kappa shape index (κ3) is 4.30. The van der Waals surface area contributed by atoms with Gasteiger partial charge in [-0.05, 0) is 18.2 Å². The number of amides is 1. The molecule has 0 saturated heterocycles. The van der Waals surface area contributed by atoms with E-state index in [1.165, 1.54) is 19.2 Å². The van der Waals surface area contributed by atoms with E-state index in [1.807, 2.05) is 0 Å². The van der Waals surface area contributed by atoms with Crippen LogP contribution in [-0.4, -0.2) is 19.6 Å². The maximum atomic E-state index is 12.6. The Morgan fingerprint density at radius 3 is 2.67 bits per heavy atom. The van der Waals surface area contributed by atoms with E-state index in [4.69, 9.17) is 4.74 Å². The van der Waals surface area contributed by atoms with Gasteiger partial charge in [0, 0.05) is 17.3 Å². The first-order valence-corrected chi connectivity index (χ1v) is 5.79. The molecule has 0 fully saturated rings. The number of alkyl halides is 3. The Kier molecular flexibility index (Phi) is 5.15. The lowest BCUT2D eigenvalue weighted by molar-refractivity contribution is -0.138. The molecule has 0 aliphatic carbocycles. The molecule has 0 bridgehead atoms. The van der Waals surface area contributed by atoms with Gasteiger partial charge in [0.2, 0.25) is 5.91 Å². The van der Waals surface area contributed by atoms with Crippen LogP contribution in [0.5, 0.6) is 0 Å². The van der Waals surface area contributed by atoms with Crippen molar-refractivity contribution in [3.63, 3.8) is 0 Å². The maximum absolute atomic E-state index is 12.6. The van der Waals surface area contributed by atoms with Crippen LogP contribution in [0.4, 0.5) is 18.9 Å². The van der Waals surface area contributed by atoms with Crippen LogP contribution in [0.15, 0.2) is 22.7 Å². The van der Waals surface area contributed by atoms with Crippen molar-refractivity contribution in [2.45, 2.75) is 12.6 Å². The molecule has 0 unspecified atom stereocenters. The third-order valence-electron chi connectivity index (χ3n) is 2.09. The van der Waals surface area contributed by atoms with Gasteiger partial charge >= 0.3 is 6.18 Å².